The summed E-state index contributed by atoms with van der Waals surface area (Å²) in [5.74, 6) is 0. The van der Waals surface area contributed by atoms with Gasteiger partial charge in [0.15, 0.2) is 0 Å². The number of nitro benzene ring substituents is 1. The molecule has 0 radical (unpaired) electrons. The van der Waals surface area contributed by atoms with E-state index in [4.69, 9.17) is 0 Å². The predicted molar refractivity (Wildman–Crippen MR) is 106 cm³/mol. The first kappa shape index (κ1) is 17.2. The predicted octanol–water partition coefficient (Wildman–Crippen LogP) is 5.05. The molecule has 2 aromatic carbocycles. The maximum absolute atomic E-state index is 10.8. The van der Waals surface area contributed by atoms with Crippen LogP contribution in [0.15, 0.2) is 46.9 Å². The van der Waals surface area contributed by atoms with Gasteiger partial charge < -0.3 is 10.3 Å². The number of rotatable bonds is 4. The van der Waals surface area contributed by atoms with Crippen LogP contribution < -0.4 is 5.32 Å². The van der Waals surface area contributed by atoms with E-state index >= 15 is 0 Å². The van der Waals surface area contributed by atoms with Gasteiger partial charge in [0, 0.05) is 45.3 Å². The van der Waals surface area contributed by atoms with E-state index in [1.807, 2.05) is 12.1 Å². The highest BCUT2D eigenvalue weighted by Crippen LogP contribution is 2.32. The lowest BCUT2D eigenvalue weighted by atomic mass is 9.90. The summed E-state index contributed by atoms with van der Waals surface area (Å²) in [4.78, 5) is 14.0. The lowest BCUT2D eigenvalue weighted by Crippen LogP contribution is -2.36. The van der Waals surface area contributed by atoms with Crippen LogP contribution in [0.1, 0.15) is 36.2 Å². The van der Waals surface area contributed by atoms with Gasteiger partial charge in [-0.2, -0.15) is 0 Å². The van der Waals surface area contributed by atoms with Crippen LogP contribution in [0.3, 0.4) is 0 Å². The van der Waals surface area contributed by atoms with E-state index in [1.165, 1.54) is 22.2 Å². The highest BCUT2D eigenvalue weighted by molar-refractivity contribution is 9.10. The van der Waals surface area contributed by atoms with Gasteiger partial charge in [-0.1, -0.05) is 28.1 Å². The van der Waals surface area contributed by atoms with Gasteiger partial charge in [0.25, 0.3) is 5.69 Å². The molecule has 0 fully saturated rings. The van der Waals surface area contributed by atoms with E-state index in [9.17, 15) is 10.1 Å². The molecule has 0 saturated heterocycles. The Morgan fingerprint density at radius 3 is 2.77 bits per heavy atom. The van der Waals surface area contributed by atoms with Gasteiger partial charge >= 0.3 is 0 Å². The number of nitrogens with zero attached hydrogens (tertiary/aromatic N) is 1. The van der Waals surface area contributed by atoms with Crippen LogP contribution in [-0.2, 0) is 12.8 Å². The summed E-state index contributed by atoms with van der Waals surface area (Å²) in [6, 6.07) is 13.8. The summed E-state index contributed by atoms with van der Waals surface area (Å²) >= 11 is 3.57. The molecule has 0 saturated carbocycles. The van der Waals surface area contributed by atoms with Crippen molar-refractivity contribution in [2.45, 2.75) is 38.3 Å². The van der Waals surface area contributed by atoms with Gasteiger partial charge in [-0.05, 0) is 55.5 Å². The number of hydrogen-bond acceptors (Lipinski definition) is 3. The molecule has 0 unspecified atom stereocenters. The summed E-state index contributed by atoms with van der Waals surface area (Å²) in [5, 5.41) is 15.8. The minimum atomic E-state index is -0.361. The molecule has 1 aromatic heterocycles. The topological polar surface area (TPSA) is 71.0 Å². The molecule has 6 heteroatoms. The Labute approximate surface area is 160 Å². The Kier molecular flexibility index (Phi) is 4.54. The molecule has 0 bridgehead atoms. The monoisotopic (exact) mass is 413 g/mol. The van der Waals surface area contributed by atoms with E-state index in [1.54, 1.807) is 12.1 Å². The molecular weight excluding hydrogens is 394 g/mol. The Balaban J connectivity index is 1.51. The number of halogens is 1. The molecule has 1 heterocycles. The molecular formula is C20H20BrN3O2. The second kappa shape index (κ2) is 6.85. The third kappa shape index (κ3) is 3.27. The minimum absolute atomic E-state index is 0.132. The Morgan fingerprint density at radius 2 is 2.04 bits per heavy atom. The minimum Gasteiger partial charge on any atom is -0.358 e. The molecule has 1 aliphatic carbocycles. The smallest absolute Gasteiger partial charge is 0.269 e. The van der Waals surface area contributed by atoms with Crippen LogP contribution in [-0.4, -0.2) is 15.9 Å². The van der Waals surface area contributed by atoms with E-state index in [0.29, 0.717) is 6.04 Å². The van der Waals surface area contributed by atoms with Crippen molar-refractivity contribution in [2.24, 2.45) is 0 Å². The first-order chi connectivity index (χ1) is 12.5. The van der Waals surface area contributed by atoms with E-state index in [2.05, 4.69) is 51.4 Å². The number of fused-ring (bicyclic) bond motifs is 3. The van der Waals surface area contributed by atoms with Gasteiger partial charge in [0.05, 0.1) is 4.92 Å². The SMILES string of the molecule is C[C@@H](N[C@@H]1CCc2[nH]c3ccc(Br)cc3c2C1)c1ccc([N+](=O)[O-])cc1. The van der Waals surface area contributed by atoms with Crippen LogP contribution in [0, 0.1) is 10.1 Å². The molecule has 2 atom stereocenters. The second-order valence-corrected chi connectivity index (χ2v) is 7.86. The molecule has 26 heavy (non-hydrogen) atoms. The number of non-ortho nitro benzene ring substituents is 1. The average molecular weight is 414 g/mol. The van der Waals surface area contributed by atoms with Crippen molar-refractivity contribution in [3.63, 3.8) is 0 Å². The van der Waals surface area contributed by atoms with Crippen molar-refractivity contribution in [3.8, 4) is 0 Å². The molecule has 5 nitrogen and oxygen atoms in total. The van der Waals surface area contributed by atoms with Gasteiger partial charge in [-0.25, -0.2) is 0 Å². The Morgan fingerprint density at radius 1 is 1.27 bits per heavy atom. The Hall–Kier alpha value is -2.18. The highest BCUT2D eigenvalue weighted by atomic mass is 79.9. The Bertz CT molecular complexity index is 965. The van der Waals surface area contributed by atoms with Crippen molar-refractivity contribution in [1.82, 2.24) is 10.3 Å². The first-order valence-corrected chi connectivity index (χ1v) is 9.60. The summed E-state index contributed by atoms with van der Waals surface area (Å²) in [6.45, 7) is 2.11. The fourth-order valence-corrected chi connectivity index (χ4v) is 4.23. The van der Waals surface area contributed by atoms with Crippen molar-refractivity contribution >= 4 is 32.5 Å². The first-order valence-electron chi connectivity index (χ1n) is 8.80. The van der Waals surface area contributed by atoms with Gasteiger partial charge in [0.2, 0.25) is 0 Å². The fraction of sp³-hybridized carbons (Fsp3) is 0.300. The third-order valence-corrected chi connectivity index (χ3v) is 5.73. The number of aromatic amines is 1. The molecule has 3 aromatic rings. The summed E-state index contributed by atoms with van der Waals surface area (Å²) in [5.41, 5.74) is 5.15. The van der Waals surface area contributed by atoms with Crippen molar-refractivity contribution in [2.75, 3.05) is 0 Å². The number of benzene rings is 2. The molecule has 0 spiro atoms. The molecule has 1 aliphatic rings. The third-order valence-electron chi connectivity index (χ3n) is 5.24. The highest BCUT2D eigenvalue weighted by Gasteiger charge is 2.24. The van der Waals surface area contributed by atoms with Crippen molar-refractivity contribution in [1.29, 1.82) is 0 Å². The lowest BCUT2D eigenvalue weighted by molar-refractivity contribution is -0.384. The van der Waals surface area contributed by atoms with Crippen LogP contribution in [0.25, 0.3) is 10.9 Å². The largest absolute Gasteiger partial charge is 0.358 e. The fourth-order valence-electron chi connectivity index (χ4n) is 3.87. The van der Waals surface area contributed by atoms with Crippen LogP contribution in [0.2, 0.25) is 0 Å². The van der Waals surface area contributed by atoms with Crippen LogP contribution in [0.5, 0.6) is 0 Å². The maximum atomic E-state index is 10.8. The number of nitrogens with one attached hydrogen (secondary N) is 2. The van der Waals surface area contributed by atoms with Gasteiger partial charge in [-0.3, -0.25) is 10.1 Å². The standard InChI is InChI=1S/C20H20BrN3O2/c1-12(13-2-6-16(7-3-13)24(25)26)22-15-5-9-20-18(11-15)17-10-14(21)4-8-19(17)23-20/h2-4,6-8,10,12,15,22-23H,5,9,11H2,1H3/t12-,15-/m1/s1. The quantitative estimate of drug-likeness (QED) is 0.464. The maximum Gasteiger partial charge on any atom is 0.269 e. The lowest BCUT2D eigenvalue weighted by Gasteiger charge is -2.27. The summed E-state index contributed by atoms with van der Waals surface area (Å²) < 4.78 is 1.10. The normalized spacial score (nSPS) is 17.8. The van der Waals surface area contributed by atoms with Crippen LogP contribution >= 0.6 is 15.9 Å². The summed E-state index contributed by atoms with van der Waals surface area (Å²) in [7, 11) is 0. The molecule has 0 amide bonds. The number of H-pyrrole nitrogens is 1. The molecule has 134 valence electrons. The zero-order valence-electron chi connectivity index (χ0n) is 14.5. The van der Waals surface area contributed by atoms with Crippen molar-refractivity contribution < 1.29 is 4.92 Å². The summed E-state index contributed by atoms with van der Waals surface area (Å²) in [6.07, 6.45) is 3.10. The zero-order chi connectivity index (χ0) is 18.3. The second-order valence-electron chi connectivity index (χ2n) is 6.95. The number of aromatic nitrogens is 1. The van der Waals surface area contributed by atoms with E-state index in [0.717, 1.165) is 29.3 Å². The molecule has 2 N–H and O–H groups in total. The molecule has 0 aliphatic heterocycles. The van der Waals surface area contributed by atoms with E-state index < -0.39 is 0 Å². The number of aryl methyl sites for hydroxylation is 1. The van der Waals surface area contributed by atoms with Crippen molar-refractivity contribution in [3.05, 3.63) is 73.9 Å². The van der Waals surface area contributed by atoms with E-state index in [-0.39, 0.29) is 16.7 Å². The number of nitro groups is 1. The molecule has 4 rings (SSSR count). The number of hydrogen-bond donors (Lipinski definition) is 2. The zero-order valence-corrected chi connectivity index (χ0v) is 16.0. The van der Waals surface area contributed by atoms with Crippen LogP contribution in [0.4, 0.5) is 5.69 Å². The van der Waals surface area contributed by atoms with Gasteiger partial charge in [0.1, 0.15) is 0 Å². The average Bonchev–Trinajstić information content (AvgIpc) is 2.99. The van der Waals surface area contributed by atoms with Gasteiger partial charge in [-0.15, -0.1) is 0 Å².